The van der Waals surface area contributed by atoms with E-state index in [0.29, 0.717) is 22.8 Å². The van der Waals surface area contributed by atoms with Crippen molar-refractivity contribution in [2.45, 2.75) is 6.54 Å². The molecule has 0 bridgehead atoms. The number of thioether (sulfide) groups is 1. The third kappa shape index (κ3) is 4.47. The lowest BCUT2D eigenvalue weighted by Gasteiger charge is -2.12. The first-order valence-electron chi connectivity index (χ1n) is 8.30. The second-order valence-corrected chi connectivity index (χ2v) is 6.85. The Morgan fingerprint density at radius 3 is 2.39 bits per heavy atom. The molecule has 0 atom stereocenters. The zero-order valence-electron chi connectivity index (χ0n) is 14.7. The van der Waals surface area contributed by atoms with E-state index in [1.165, 1.54) is 24.3 Å². The molecule has 1 fully saturated rings. The number of nitro groups is 1. The van der Waals surface area contributed by atoms with Gasteiger partial charge in [-0.15, -0.1) is 0 Å². The van der Waals surface area contributed by atoms with Gasteiger partial charge in [-0.2, -0.15) is 0 Å². The van der Waals surface area contributed by atoms with Crippen molar-refractivity contribution >= 4 is 34.7 Å². The van der Waals surface area contributed by atoms with Crippen LogP contribution >= 0.6 is 11.8 Å². The zero-order valence-corrected chi connectivity index (χ0v) is 15.6. The van der Waals surface area contributed by atoms with Crippen LogP contribution in [0.5, 0.6) is 5.75 Å². The summed E-state index contributed by atoms with van der Waals surface area (Å²) in [7, 11) is 0. The van der Waals surface area contributed by atoms with E-state index < -0.39 is 4.92 Å². The van der Waals surface area contributed by atoms with E-state index >= 15 is 0 Å². The van der Waals surface area contributed by atoms with Crippen molar-refractivity contribution in [1.29, 1.82) is 0 Å². The minimum atomic E-state index is -0.500. The van der Waals surface area contributed by atoms with Crippen molar-refractivity contribution in [1.82, 2.24) is 4.90 Å². The minimum absolute atomic E-state index is 0.0432. The van der Waals surface area contributed by atoms with E-state index in [1.54, 1.807) is 36.4 Å². The molecule has 0 spiro atoms. The van der Waals surface area contributed by atoms with E-state index in [2.05, 4.69) is 6.58 Å². The summed E-state index contributed by atoms with van der Waals surface area (Å²) in [5.41, 5.74) is 1.36. The number of imide groups is 1. The van der Waals surface area contributed by atoms with Crippen LogP contribution in [0, 0.1) is 10.1 Å². The van der Waals surface area contributed by atoms with Crippen LogP contribution in [0.1, 0.15) is 11.1 Å². The van der Waals surface area contributed by atoms with Gasteiger partial charge in [0, 0.05) is 12.1 Å². The molecular weight excluding hydrogens is 380 g/mol. The first-order chi connectivity index (χ1) is 13.5. The van der Waals surface area contributed by atoms with Crippen LogP contribution in [0.25, 0.3) is 6.08 Å². The highest BCUT2D eigenvalue weighted by atomic mass is 32.2. The van der Waals surface area contributed by atoms with Crippen molar-refractivity contribution in [3.05, 3.63) is 87.3 Å². The molecule has 0 N–H and O–H groups in total. The molecule has 142 valence electrons. The van der Waals surface area contributed by atoms with Gasteiger partial charge in [0.25, 0.3) is 16.8 Å². The molecule has 2 amide bonds. The third-order valence-corrected chi connectivity index (χ3v) is 4.81. The fraction of sp³-hybridized carbons (Fsp3) is 0.100. The maximum absolute atomic E-state index is 12.6. The molecule has 1 aliphatic heterocycles. The second-order valence-electron chi connectivity index (χ2n) is 5.86. The predicted molar refractivity (Wildman–Crippen MR) is 107 cm³/mol. The Balaban J connectivity index is 1.71. The van der Waals surface area contributed by atoms with E-state index in [9.17, 15) is 19.7 Å². The lowest BCUT2D eigenvalue weighted by molar-refractivity contribution is -0.384. The topological polar surface area (TPSA) is 89.8 Å². The average Bonchev–Trinajstić information content (AvgIpc) is 2.95. The van der Waals surface area contributed by atoms with Gasteiger partial charge in [0.2, 0.25) is 0 Å². The number of rotatable bonds is 7. The Morgan fingerprint density at radius 1 is 1.11 bits per heavy atom. The summed E-state index contributed by atoms with van der Waals surface area (Å²) in [6.07, 6.45) is 3.30. The number of nitrogens with zero attached hydrogens (tertiary/aromatic N) is 2. The monoisotopic (exact) mass is 396 g/mol. The Morgan fingerprint density at radius 2 is 1.79 bits per heavy atom. The van der Waals surface area contributed by atoms with E-state index in [4.69, 9.17) is 4.74 Å². The molecule has 28 heavy (non-hydrogen) atoms. The van der Waals surface area contributed by atoms with Crippen LogP contribution in [-0.4, -0.2) is 27.6 Å². The number of nitro benzene ring substituents is 1. The largest absolute Gasteiger partial charge is 0.490 e. The molecule has 7 nitrogen and oxygen atoms in total. The Hall–Kier alpha value is -3.39. The van der Waals surface area contributed by atoms with Gasteiger partial charge in [-0.3, -0.25) is 24.6 Å². The normalized spacial score (nSPS) is 15.1. The summed E-state index contributed by atoms with van der Waals surface area (Å²) < 4.78 is 5.41. The lowest BCUT2D eigenvalue weighted by atomic mass is 10.2. The van der Waals surface area contributed by atoms with Crippen LogP contribution in [-0.2, 0) is 11.3 Å². The average molecular weight is 396 g/mol. The van der Waals surface area contributed by atoms with Crippen molar-refractivity contribution in [2.75, 3.05) is 6.61 Å². The van der Waals surface area contributed by atoms with E-state index in [0.717, 1.165) is 22.2 Å². The number of hydrogen-bond acceptors (Lipinski definition) is 6. The summed E-state index contributed by atoms with van der Waals surface area (Å²) in [6, 6.07) is 12.9. The van der Waals surface area contributed by atoms with E-state index in [-0.39, 0.29) is 23.4 Å². The summed E-state index contributed by atoms with van der Waals surface area (Å²) >= 11 is 0.868. The standard InChI is InChI=1S/C20H16N2O5S/c1-2-11-27-17-9-5-14(6-10-17)12-18-19(23)21(20(24)28-18)13-15-3-7-16(8-4-15)22(25)26/h2-10,12H,1,11,13H2/b18-12+. The number of amides is 2. The lowest BCUT2D eigenvalue weighted by Crippen LogP contribution is -2.27. The zero-order chi connectivity index (χ0) is 20.1. The molecule has 0 unspecified atom stereocenters. The van der Waals surface area contributed by atoms with Gasteiger partial charge in [0.1, 0.15) is 12.4 Å². The smallest absolute Gasteiger partial charge is 0.293 e. The van der Waals surface area contributed by atoms with Crippen molar-refractivity contribution in [3.63, 3.8) is 0 Å². The molecule has 0 saturated carbocycles. The molecule has 2 aromatic carbocycles. The SMILES string of the molecule is C=CCOc1ccc(/C=C2/SC(=O)N(Cc3ccc([N+](=O)[O-])cc3)C2=O)cc1. The van der Waals surface area contributed by atoms with Crippen LogP contribution in [0.15, 0.2) is 66.1 Å². The molecule has 0 radical (unpaired) electrons. The number of benzene rings is 2. The van der Waals surface area contributed by atoms with Crippen molar-refractivity contribution in [2.24, 2.45) is 0 Å². The van der Waals surface area contributed by atoms with Crippen LogP contribution in [0.3, 0.4) is 0 Å². The molecule has 2 aromatic rings. The van der Waals surface area contributed by atoms with Gasteiger partial charge >= 0.3 is 0 Å². The third-order valence-electron chi connectivity index (χ3n) is 3.91. The van der Waals surface area contributed by atoms with Gasteiger partial charge < -0.3 is 4.74 Å². The number of non-ortho nitro benzene ring substituents is 1. The quantitative estimate of drug-likeness (QED) is 0.298. The Bertz CT molecular complexity index is 952. The highest BCUT2D eigenvalue weighted by Gasteiger charge is 2.35. The first kappa shape index (κ1) is 19.4. The van der Waals surface area contributed by atoms with Gasteiger partial charge in [-0.05, 0) is 41.1 Å². The number of ether oxygens (including phenoxy) is 1. The molecule has 0 aliphatic carbocycles. The summed E-state index contributed by atoms with van der Waals surface area (Å²) in [5, 5.41) is 10.3. The summed E-state index contributed by atoms with van der Waals surface area (Å²) in [4.78, 5) is 36.5. The molecule has 1 heterocycles. The molecule has 0 aromatic heterocycles. The van der Waals surface area contributed by atoms with Gasteiger partial charge in [0.05, 0.1) is 16.4 Å². The highest BCUT2D eigenvalue weighted by Crippen LogP contribution is 2.33. The van der Waals surface area contributed by atoms with Gasteiger partial charge in [-0.25, -0.2) is 0 Å². The fourth-order valence-electron chi connectivity index (χ4n) is 2.51. The first-order valence-corrected chi connectivity index (χ1v) is 9.12. The van der Waals surface area contributed by atoms with E-state index in [1.807, 2.05) is 0 Å². The number of hydrogen-bond donors (Lipinski definition) is 0. The van der Waals surface area contributed by atoms with Crippen LogP contribution < -0.4 is 4.74 Å². The summed E-state index contributed by atoms with van der Waals surface area (Å²) in [5.74, 6) is 0.295. The molecule has 1 saturated heterocycles. The maximum atomic E-state index is 12.6. The predicted octanol–water partition coefficient (Wildman–Crippen LogP) is 4.40. The molecule has 8 heteroatoms. The maximum Gasteiger partial charge on any atom is 0.293 e. The second kappa shape index (κ2) is 8.53. The number of carbonyl (C=O) groups excluding carboxylic acids is 2. The van der Waals surface area contributed by atoms with Gasteiger partial charge in [-0.1, -0.05) is 36.9 Å². The molecule has 1 aliphatic rings. The van der Waals surface area contributed by atoms with Crippen molar-refractivity contribution < 1.29 is 19.2 Å². The summed E-state index contributed by atoms with van der Waals surface area (Å²) in [6.45, 7) is 4.05. The van der Waals surface area contributed by atoms with Crippen LogP contribution in [0.4, 0.5) is 10.5 Å². The van der Waals surface area contributed by atoms with Crippen molar-refractivity contribution in [3.8, 4) is 5.75 Å². The Kier molecular flexibility index (Phi) is 5.90. The minimum Gasteiger partial charge on any atom is -0.490 e. The molecular formula is C20H16N2O5S. The molecule has 3 rings (SSSR count). The van der Waals surface area contributed by atoms with Gasteiger partial charge in [0.15, 0.2) is 0 Å². The fourth-order valence-corrected chi connectivity index (χ4v) is 3.35. The Labute approximate surface area is 165 Å². The number of carbonyl (C=O) groups is 2. The highest BCUT2D eigenvalue weighted by molar-refractivity contribution is 8.18. The van der Waals surface area contributed by atoms with Crippen LogP contribution in [0.2, 0.25) is 0 Å².